The molecule has 0 spiro atoms. The molecule has 4 nitrogen and oxygen atoms in total. The highest BCUT2D eigenvalue weighted by atomic mass is 16.3. The molecule has 0 bridgehead atoms. The van der Waals surface area contributed by atoms with E-state index in [4.69, 9.17) is 4.42 Å². The van der Waals surface area contributed by atoms with Gasteiger partial charge in [0.05, 0.1) is 5.69 Å². The third-order valence-electron chi connectivity index (χ3n) is 1.47. The highest BCUT2D eigenvalue weighted by molar-refractivity contribution is 6.32. The molecule has 0 saturated heterocycles. The number of Topliss-reactive ketones (excluding diaryl/α,β-unsaturated/α-hetero) is 1. The van der Waals surface area contributed by atoms with Crippen LogP contribution in [0.5, 0.6) is 0 Å². The standard InChI is InChI=1S/C8H9NO3/c1-5(2)7-8(6(11)3-10)12-4-9-7/h3-5H,1-2H3. The smallest absolute Gasteiger partial charge is 0.262 e. The van der Waals surface area contributed by atoms with Crippen molar-refractivity contribution in [2.45, 2.75) is 19.8 Å². The number of hydrogen-bond donors (Lipinski definition) is 0. The Hall–Kier alpha value is -1.45. The van der Waals surface area contributed by atoms with Gasteiger partial charge in [-0.2, -0.15) is 0 Å². The van der Waals surface area contributed by atoms with Gasteiger partial charge in [0.25, 0.3) is 5.78 Å². The minimum atomic E-state index is -0.656. The van der Waals surface area contributed by atoms with Crippen molar-refractivity contribution in [1.82, 2.24) is 4.98 Å². The molecule has 0 aromatic carbocycles. The Balaban J connectivity index is 3.07. The van der Waals surface area contributed by atoms with E-state index < -0.39 is 5.78 Å². The first kappa shape index (κ1) is 8.64. The van der Waals surface area contributed by atoms with E-state index in [1.807, 2.05) is 13.8 Å². The Bertz CT molecular complexity index is 301. The minimum absolute atomic E-state index is 0.0556. The number of oxazole rings is 1. The molecule has 1 rings (SSSR count). The molecule has 0 atom stereocenters. The summed E-state index contributed by atoms with van der Waals surface area (Å²) in [7, 11) is 0. The SMILES string of the molecule is CC(C)c1ncoc1C(=O)C=O. The summed E-state index contributed by atoms with van der Waals surface area (Å²) >= 11 is 0. The molecule has 1 aromatic rings. The van der Waals surface area contributed by atoms with Crippen LogP contribution >= 0.6 is 0 Å². The van der Waals surface area contributed by atoms with Crippen LogP contribution in [-0.4, -0.2) is 17.1 Å². The second-order valence-electron chi connectivity index (χ2n) is 2.70. The predicted molar refractivity (Wildman–Crippen MR) is 41.0 cm³/mol. The molecule has 0 aliphatic rings. The third kappa shape index (κ3) is 1.42. The summed E-state index contributed by atoms with van der Waals surface area (Å²) in [6.07, 6.45) is 1.40. The van der Waals surface area contributed by atoms with Crippen molar-refractivity contribution in [3.8, 4) is 0 Å². The van der Waals surface area contributed by atoms with Crippen LogP contribution in [0.25, 0.3) is 0 Å². The summed E-state index contributed by atoms with van der Waals surface area (Å²) in [6.45, 7) is 3.75. The zero-order chi connectivity index (χ0) is 9.14. The molecular weight excluding hydrogens is 158 g/mol. The van der Waals surface area contributed by atoms with Gasteiger partial charge in [-0.1, -0.05) is 13.8 Å². The lowest BCUT2D eigenvalue weighted by molar-refractivity contribution is -0.104. The van der Waals surface area contributed by atoms with Gasteiger partial charge in [-0.05, 0) is 5.92 Å². The van der Waals surface area contributed by atoms with E-state index in [0.29, 0.717) is 5.69 Å². The van der Waals surface area contributed by atoms with Crippen LogP contribution in [0, 0.1) is 0 Å². The number of hydrogen-bond acceptors (Lipinski definition) is 4. The van der Waals surface area contributed by atoms with Crippen LogP contribution in [0.1, 0.15) is 36.0 Å². The maximum Gasteiger partial charge on any atom is 0.262 e. The first-order valence-corrected chi connectivity index (χ1v) is 3.59. The van der Waals surface area contributed by atoms with E-state index in [0.717, 1.165) is 0 Å². The molecule has 0 saturated carbocycles. The molecule has 4 heteroatoms. The lowest BCUT2D eigenvalue weighted by Crippen LogP contribution is -2.03. The zero-order valence-electron chi connectivity index (χ0n) is 6.90. The predicted octanol–water partition coefficient (Wildman–Crippen LogP) is 1.18. The fraction of sp³-hybridized carbons (Fsp3) is 0.375. The van der Waals surface area contributed by atoms with Crippen molar-refractivity contribution in [3.05, 3.63) is 17.8 Å². The highest BCUT2D eigenvalue weighted by Gasteiger charge is 2.17. The average Bonchev–Trinajstić information content (AvgIpc) is 2.50. The molecule has 1 aromatic heterocycles. The Kier molecular flexibility index (Phi) is 2.38. The highest BCUT2D eigenvalue weighted by Crippen LogP contribution is 2.16. The average molecular weight is 167 g/mol. The maximum atomic E-state index is 10.9. The van der Waals surface area contributed by atoms with Crippen molar-refractivity contribution < 1.29 is 14.0 Å². The Morgan fingerprint density at radius 1 is 1.67 bits per heavy atom. The van der Waals surface area contributed by atoms with Gasteiger partial charge in [0.15, 0.2) is 12.7 Å². The summed E-state index contributed by atoms with van der Waals surface area (Å²) in [6, 6.07) is 0. The molecule has 0 aliphatic carbocycles. The normalized spacial score (nSPS) is 10.2. The van der Waals surface area contributed by atoms with Gasteiger partial charge >= 0.3 is 0 Å². The fourth-order valence-electron chi connectivity index (χ4n) is 0.904. The van der Waals surface area contributed by atoms with Crippen molar-refractivity contribution in [3.63, 3.8) is 0 Å². The number of rotatable bonds is 3. The second kappa shape index (κ2) is 3.30. The van der Waals surface area contributed by atoms with E-state index >= 15 is 0 Å². The lowest BCUT2D eigenvalue weighted by Gasteiger charge is -1.98. The van der Waals surface area contributed by atoms with Crippen LogP contribution in [0.2, 0.25) is 0 Å². The number of aldehydes is 1. The van der Waals surface area contributed by atoms with E-state index in [-0.39, 0.29) is 18.0 Å². The van der Waals surface area contributed by atoms with Crippen molar-refractivity contribution >= 4 is 12.1 Å². The van der Waals surface area contributed by atoms with Crippen LogP contribution in [0.4, 0.5) is 0 Å². The van der Waals surface area contributed by atoms with E-state index in [2.05, 4.69) is 4.98 Å². The summed E-state index contributed by atoms with van der Waals surface area (Å²) < 4.78 is 4.79. The summed E-state index contributed by atoms with van der Waals surface area (Å²) in [5.74, 6) is -0.515. The van der Waals surface area contributed by atoms with Gasteiger partial charge < -0.3 is 4.42 Å². The number of ketones is 1. The molecular formula is C8H9NO3. The van der Waals surface area contributed by atoms with Crippen molar-refractivity contribution in [2.24, 2.45) is 0 Å². The molecule has 0 amide bonds. The lowest BCUT2D eigenvalue weighted by atomic mass is 10.1. The topological polar surface area (TPSA) is 60.2 Å². The molecule has 12 heavy (non-hydrogen) atoms. The van der Waals surface area contributed by atoms with Crippen LogP contribution in [-0.2, 0) is 4.79 Å². The van der Waals surface area contributed by atoms with Crippen molar-refractivity contribution in [1.29, 1.82) is 0 Å². The van der Waals surface area contributed by atoms with Gasteiger partial charge in [-0.3, -0.25) is 9.59 Å². The van der Waals surface area contributed by atoms with Crippen LogP contribution in [0.15, 0.2) is 10.8 Å². The van der Waals surface area contributed by atoms with Gasteiger partial charge in [0.2, 0.25) is 5.76 Å². The van der Waals surface area contributed by atoms with Gasteiger partial charge in [0.1, 0.15) is 0 Å². The molecule has 0 aliphatic heterocycles. The summed E-state index contributed by atoms with van der Waals surface area (Å²) in [4.78, 5) is 24.9. The molecule has 64 valence electrons. The monoisotopic (exact) mass is 167 g/mol. The summed E-state index contributed by atoms with van der Waals surface area (Å²) in [5, 5.41) is 0. The first-order valence-electron chi connectivity index (χ1n) is 3.59. The molecule has 1 heterocycles. The Morgan fingerprint density at radius 3 is 2.83 bits per heavy atom. The first-order chi connectivity index (χ1) is 5.66. The minimum Gasteiger partial charge on any atom is -0.440 e. The largest absolute Gasteiger partial charge is 0.440 e. The molecule has 0 N–H and O–H groups in total. The number of aromatic nitrogens is 1. The quantitative estimate of drug-likeness (QED) is 0.385. The van der Waals surface area contributed by atoms with E-state index in [1.165, 1.54) is 6.39 Å². The van der Waals surface area contributed by atoms with Gasteiger partial charge in [0, 0.05) is 0 Å². The van der Waals surface area contributed by atoms with Crippen LogP contribution in [0.3, 0.4) is 0 Å². The zero-order valence-corrected chi connectivity index (χ0v) is 6.90. The van der Waals surface area contributed by atoms with E-state index in [9.17, 15) is 9.59 Å². The summed E-state index contributed by atoms with van der Waals surface area (Å²) in [5.41, 5.74) is 0.534. The second-order valence-corrected chi connectivity index (χ2v) is 2.70. The van der Waals surface area contributed by atoms with Crippen LogP contribution < -0.4 is 0 Å². The third-order valence-corrected chi connectivity index (χ3v) is 1.47. The van der Waals surface area contributed by atoms with Gasteiger partial charge in [-0.25, -0.2) is 4.98 Å². The number of nitrogens with zero attached hydrogens (tertiary/aromatic N) is 1. The molecule has 0 unspecified atom stereocenters. The number of carbonyl (C=O) groups is 2. The Labute approximate surface area is 69.6 Å². The molecule has 0 fully saturated rings. The Morgan fingerprint density at radius 2 is 2.33 bits per heavy atom. The van der Waals surface area contributed by atoms with Gasteiger partial charge in [-0.15, -0.1) is 0 Å². The van der Waals surface area contributed by atoms with Crippen molar-refractivity contribution in [2.75, 3.05) is 0 Å². The maximum absolute atomic E-state index is 10.9. The fourth-order valence-corrected chi connectivity index (χ4v) is 0.904. The number of carbonyl (C=O) groups excluding carboxylic acids is 2. The molecule has 0 radical (unpaired) electrons. The van der Waals surface area contributed by atoms with E-state index in [1.54, 1.807) is 0 Å².